The maximum atomic E-state index is 13.5. The normalized spacial score (nSPS) is 12.2. The second-order valence-electron chi connectivity index (χ2n) is 3.59. The number of aliphatic hydroxyl groups excluding tert-OH is 1. The summed E-state index contributed by atoms with van der Waals surface area (Å²) >= 11 is 0. The molecule has 1 unspecified atom stereocenters. The largest absolute Gasteiger partial charge is 0.496 e. The van der Waals surface area contributed by atoms with Crippen LogP contribution in [0.3, 0.4) is 0 Å². The molecule has 0 spiro atoms. The Morgan fingerprint density at radius 1 is 1.56 bits per heavy atom. The van der Waals surface area contributed by atoms with Crippen molar-refractivity contribution in [1.29, 1.82) is 0 Å². The van der Waals surface area contributed by atoms with Crippen LogP contribution in [0.4, 0.5) is 4.39 Å². The molecule has 0 aliphatic rings. The van der Waals surface area contributed by atoms with Gasteiger partial charge in [0.15, 0.2) is 0 Å². The Balaban J connectivity index is 2.80. The molecule has 0 fully saturated rings. The highest BCUT2D eigenvalue weighted by Crippen LogP contribution is 2.30. The van der Waals surface area contributed by atoms with Crippen LogP contribution in [0.5, 0.6) is 5.75 Å². The van der Waals surface area contributed by atoms with Gasteiger partial charge in [0.05, 0.1) is 18.8 Å². The van der Waals surface area contributed by atoms with Crippen LogP contribution >= 0.6 is 0 Å². The maximum Gasteiger partial charge on any atom is 0.132 e. The van der Waals surface area contributed by atoms with Gasteiger partial charge < -0.3 is 9.84 Å². The number of halogens is 1. The van der Waals surface area contributed by atoms with Crippen molar-refractivity contribution in [3.63, 3.8) is 0 Å². The zero-order chi connectivity index (χ0) is 12.0. The first kappa shape index (κ1) is 12.7. The first-order valence-electron chi connectivity index (χ1n) is 5.32. The topological polar surface area (TPSA) is 29.5 Å². The number of allylic oxidation sites excluding steroid dienone is 1. The van der Waals surface area contributed by atoms with Crippen molar-refractivity contribution >= 4 is 0 Å². The van der Waals surface area contributed by atoms with E-state index in [2.05, 4.69) is 6.58 Å². The second kappa shape index (κ2) is 6.28. The molecule has 1 N–H and O–H groups in total. The standard InChI is InChI=1S/C13H17FO2/c1-3-4-5-8-11(15)13-10(14)7-6-9-12(13)16-2/h3,6-7,9,11,15H,1,4-5,8H2,2H3. The van der Waals surface area contributed by atoms with Crippen LogP contribution in [0.15, 0.2) is 30.9 Å². The Morgan fingerprint density at radius 3 is 2.94 bits per heavy atom. The number of hydrogen-bond acceptors (Lipinski definition) is 2. The van der Waals surface area contributed by atoms with Crippen molar-refractivity contribution in [1.82, 2.24) is 0 Å². The van der Waals surface area contributed by atoms with E-state index >= 15 is 0 Å². The summed E-state index contributed by atoms with van der Waals surface area (Å²) in [5.74, 6) is -0.0310. The average molecular weight is 224 g/mol. The van der Waals surface area contributed by atoms with Crippen LogP contribution in [0.2, 0.25) is 0 Å². The van der Waals surface area contributed by atoms with Crippen molar-refractivity contribution in [3.8, 4) is 5.75 Å². The highest BCUT2D eigenvalue weighted by atomic mass is 19.1. The monoisotopic (exact) mass is 224 g/mol. The van der Waals surface area contributed by atoms with Crippen LogP contribution < -0.4 is 4.74 Å². The molecule has 0 aromatic heterocycles. The highest BCUT2D eigenvalue weighted by Gasteiger charge is 2.17. The molecule has 0 aliphatic heterocycles. The zero-order valence-corrected chi connectivity index (χ0v) is 9.45. The SMILES string of the molecule is C=CCCCC(O)c1c(F)cccc1OC. The van der Waals surface area contributed by atoms with Gasteiger partial charge in [0.1, 0.15) is 11.6 Å². The Bertz CT molecular complexity index is 350. The van der Waals surface area contributed by atoms with Crippen molar-refractivity contribution in [2.75, 3.05) is 7.11 Å². The lowest BCUT2D eigenvalue weighted by Gasteiger charge is -2.15. The molecule has 3 heteroatoms. The van der Waals surface area contributed by atoms with Gasteiger partial charge in [-0.2, -0.15) is 0 Å². The van der Waals surface area contributed by atoms with Crippen molar-refractivity contribution in [2.24, 2.45) is 0 Å². The quantitative estimate of drug-likeness (QED) is 0.594. The number of aliphatic hydroxyl groups is 1. The predicted molar refractivity (Wildman–Crippen MR) is 62.0 cm³/mol. The van der Waals surface area contributed by atoms with E-state index in [1.807, 2.05) is 0 Å². The predicted octanol–water partition coefficient (Wildman–Crippen LogP) is 3.22. The number of ether oxygens (including phenoxy) is 1. The second-order valence-corrected chi connectivity index (χ2v) is 3.59. The Hall–Kier alpha value is -1.35. The van der Waals surface area contributed by atoms with Crippen molar-refractivity contribution < 1.29 is 14.2 Å². The van der Waals surface area contributed by atoms with Crippen LogP contribution in [-0.2, 0) is 0 Å². The molecule has 0 amide bonds. The summed E-state index contributed by atoms with van der Waals surface area (Å²) in [5, 5.41) is 9.89. The Morgan fingerprint density at radius 2 is 2.31 bits per heavy atom. The fourth-order valence-corrected chi connectivity index (χ4v) is 1.62. The summed E-state index contributed by atoms with van der Waals surface area (Å²) in [6.45, 7) is 3.60. The molecule has 0 heterocycles. The average Bonchev–Trinajstić information content (AvgIpc) is 2.28. The van der Waals surface area contributed by atoms with Crippen LogP contribution in [0.25, 0.3) is 0 Å². The van der Waals surface area contributed by atoms with Crippen LogP contribution in [0, 0.1) is 5.82 Å². The molecule has 2 nitrogen and oxygen atoms in total. The molecular formula is C13H17FO2. The third-order valence-corrected chi connectivity index (χ3v) is 2.45. The van der Waals surface area contributed by atoms with E-state index in [9.17, 15) is 9.50 Å². The minimum absolute atomic E-state index is 0.245. The van der Waals surface area contributed by atoms with E-state index in [0.29, 0.717) is 12.2 Å². The molecule has 0 saturated heterocycles. The number of hydrogen-bond donors (Lipinski definition) is 1. The van der Waals surface area contributed by atoms with E-state index in [4.69, 9.17) is 4.74 Å². The molecule has 16 heavy (non-hydrogen) atoms. The molecule has 1 aromatic carbocycles. The molecule has 0 radical (unpaired) electrons. The van der Waals surface area contributed by atoms with E-state index in [1.54, 1.807) is 18.2 Å². The van der Waals surface area contributed by atoms with Gasteiger partial charge in [0.2, 0.25) is 0 Å². The number of methoxy groups -OCH3 is 1. The van der Waals surface area contributed by atoms with Crippen LogP contribution in [-0.4, -0.2) is 12.2 Å². The first-order chi connectivity index (χ1) is 7.70. The highest BCUT2D eigenvalue weighted by molar-refractivity contribution is 5.36. The van der Waals surface area contributed by atoms with Crippen LogP contribution in [0.1, 0.15) is 30.9 Å². The fraction of sp³-hybridized carbons (Fsp3) is 0.385. The third-order valence-electron chi connectivity index (χ3n) is 2.45. The lowest BCUT2D eigenvalue weighted by molar-refractivity contribution is 0.156. The smallest absolute Gasteiger partial charge is 0.132 e. The van der Waals surface area contributed by atoms with Gasteiger partial charge in [-0.1, -0.05) is 12.1 Å². The number of rotatable bonds is 6. The number of unbranched alkanes of at least 4 members (excludes halogenated alkanes) is 1. The third kappa shape index (κ3) is 3.07. The Kier molecular flexibility index (Phi) is 4.99. The minimum atomic E-state index is -0.823. The van der Waals surface area contributed by atoms with Gasteiger partial charge >= 0.3 is 0 Å². The maximum absolute atomic E-state index is 13.5. The zero-order valence-electron chi connectivity index (χ0n) is 9.45. The van der Waals surface area contributed by atoms with Gasteiger partial charge in [-0.15, -0.1) is 6.58 Å². The molecule has 0 aliphatic carbocycles. The van der Waals surface area contributed by atoms with E-state index in [-0.39, 0.29) is 5.56 Å². The summed E-state index contributed by atoms with van der Waals surface area (Å²) in [5.41, 5.74) is 0.245. The summed E-state index contributed by atoms with van der Waals surface area (Å²) in [6, 6.07) is 4.54. The lowest BCUT2D eigenvalue weighted by Crippen LogP contribution is -2.03. The summed E-state index contributed by atoms with van der Waals surface area (Å²) in [7, 11) is 1.47. The Labute approximate surface area is 95.4 Å². The van der Waals surface area contributed by atoms with Crippen molar-refractivity contribution in [2.45, 2.75) is 25.4 Å². The lowest BCUT2D eigenvalue weighted by atomic mass is 10.0. The summed E-state index contributed by atoms with van der Waals surface area (Å²) in [6.07, 6.45) is 3.06. The van der Waals surface area contributed by atoms with E-state index < -0.39 is 11.9 Å². The van der Waals surface area contributed by atoms with Crippen molar-refractivity contribution in [3.05, 3.63) is 42.2 Å². The molecule has 88 valence electrons. The molecule has 1 aromatic rings. The van der Waals surface area contributed by atoms with Gasteiger partial charge in [-0.25, -0.2) is 4.39 Å². The molecule has 0 bridgehead atoms. The summed E-state index contributed by atoms with van der Waals surface area (Å²) < 4.78 is 18.6. The van der Waals surface area contributed by atoms with Gasteiger partial charge in [0.25, 0.3) is 0 Å². The van der Waals surface area contributed by atoms with Gasteiger partial charge in [0, 0.05) is 0 Å². The van der Waals surface area contributed by atoms with Gasteiger partial charge in [-0.05, 0) is 31.4 Å². The summed E-state index contributed by atoms with van der Waals surface area (Å²) in [4.78, 5) is 0. The number of benzene rings is 1. The molecular weight excluding hydrogens is 207 g/mol. The molecule has 0 saturated carbocycles. The van der Waals surface area contributed by atoms with E-state index in [1.165, 1.54) is 13.2 Å². The molecule has 1 rings (SSSR count). The first-order valence-corrected chi connectivity index (χ1v) is 5.32. The minimum Gasteiger partial charge on any atom is -0.496 e. The van der Waals surface area contributed by atoms with E-state index in [0.717, 1.165) is 12.8 Å². The van der Waals surface area contributed by atoms with Gasteiger partial charge in [-0.3, -0.25) is 0 Å². The fourth-order valence-electron chi connectivity index (χ4n) is 1.62. The molecule has 1 atom stereocenters.